The molecule has 0 radical (unpaired) electrons. The van der Waals surface area contributed by atoms with Crippen LogP contribution in [0.2, 0.25) is 5.02 Å². The molecule has 3 N–H and O–H groups in total. The minimum atomic E-state index is -0.722. The topological polar surface area (TPSA) is 173 Å². The number of nitrogens with zero attached hydrogens (tertiary/aromatic N) is 5. The second kappa shape index (κ2) is 14.0. The van der Waals surface area contributed by atoms with Gasteiger partial charge in [0.1, 0.15) is 29.0 Å². The van der Waals surface area contributed by atoms with Crippen LogP contribution in [0.15, 0.2) is 64.8 Å². The zero-order valence-electron chi connectivity index (χ0n) is 25.0. The zero-order valence-corrected chi connectivity index (χ0v) is 25.8. The molecule has 3 aromatic carbocycles. The Morgan fingerprint density at radius 2 is 1.65 bits per heavy atom. The van der Waals surface area contributed by atoms with Crippen LogP contribution in [0.25, 0.3) is 0 Å². The number of carbonyl (C=O) groups is 2. The number of aromatic hydroxyl groups is 1. The molecule has 4 aromatic rings. The molecule has 46 heavy (non-hydrogen) atoms. The van der Waals surface area contributed by atoms with Crippen LogP contribution in [0.5, 0.6) is 5.75 Å². The Balaban J connectivity index is 1.61. The fourth-order valence-corrected chi connectivity index (χ4v) is 5.45. The number of anilines is 2. The molecule has 11 nitrogen and oxygen atoms in total. The number of methoxy groups -OCH3 is 1. The molecule has 0 fully saturated rings. The minimum Gasteiger partial charge on any atom is -0.507 e. The van der Waals surface area contributed by atoms with Crippen LogP contribution in [0.3, 0.4) is 0 Å². The van der Waals surface area contributed by atoms with Crippen molar-refractivity contribution < 1.29 is 19.4 Å². The van der Waals surface area contributed by atoms with Crippen LogP contribution in [0.1, 0.15) is 60.5 Å². The number of hydrogen-bond donors (Lipinski definition) is 3. The number of nitriles is 2. The second-order valence-corrected chi connectivity index (χ2v) is 10.8. The number of ketones is 2. The Labute approximate surface area is 270 Å². The van der Waals surface area contributed by atoms with Crippen LogP contribution in [0.4, 0.5) is 23.0 Å². The third-order valence-electron chi connectivity index (χ3n) is 7.49. The number of aromatic nitrogens is 1. The van der Waals surface area contributed by atoms with Crippen LogP contribution < -0.4 is 10.6 Å². The normalized spacial score (nSPS) is 11.9. The van der Waals surface area contributed by atoms with E-state index in [0.717, 1.165) is 5.56 Å². The Hall–Kier alpha value is -5.62. The lowest BCUT2D eigenvalue weighted by Crippen LogP contribution is -2.22. The monoisotopic (exact) mass is 633 g/mol. The van der Waals surface area contributed by atoms with Gasteiger partial charge < -0.3 is 20.5 Å². The molecular weight excluding hydrogens is 606 g/mol. The van der Waals surface area contributed by atoms with E-state index in [1.54, 1.807) is 14.0 Å². The number of halogens is 1. The van der Waals surface area contributed by atoms with Crippen molar-refractivity contribution in [3.63, 3.8) is 0 Å². The van der Waals surface area contributed by atoms with E-state index in [1.165, 1.54) is 24.3 Å². The molecule has 0 saturated carbocycles. The van der Waals surface area contributed by atoms with Gasteiger partial charge in [-0.3, -0.25) is 9.59 Å². The summed E-state index contributed by atoms with van der Waals surface area (Å²) in [4.78, 5) is 32.0. The van der Waals surface area contributed by atoms with Gasteiger partial charge in [0.15, 0.2) is 11.6 Å². The van der Waals surface area contributed by atoms with Crippen molar-refractivity contribution in [3.8, 4) is 17.9 Å². The SMILES string of the molecule is COCCCNc1nc(NCCc2ccccc2)c(/N=N/c2c(Cl)cc(C#N)c3c2C(=O)c2c(O)cccc2C3=O)c(C)c1C#N. The molecule has 0 amide bonds. The number of ether oxygens (including phenoxy) is 1. The van der Waals surface area contributed by atoms with Gasteiger partial charge >= 0.3 is 0 Å². The number of rotatable bonds is 11. The first-order chi connectivity index (χ1) is 22.3. The second-order valence-electron chi connectivity index (χ2n) is 10.4. The lowest BCUT2D eigenvalue weighted by atomic mass is 9.80. The highest BCUT2D eigenvalue weighted by Crippen LogP contribution is 2.43. The molecule has 0 atom stereocenters. The Morgan fingerprint density at radius 3 is 2.37 bits per heavy atom. The van der Waals surface area contributed by atoms with Gasteiger partial charge in [0, 0.05) is 37.9 Å². The highest BCUT2D eigenvalue weighted by molar-refractivity contribution is 6.37. The maximum absolute atomic E-state index is 13.8. The Morgan fingerprint density at radius 1 is 0.913 bits per heavy atom. The number of nitrogens with one attached hydrogen (secondary N) is 2. The average molecular weight is 634 g/mol. The summed E-state index contributed by atoms with van der Waals surface area (Å²) in [7, 11) is 1.61. The van der Waals surface area contributed by atoms with Gasteiger partial charge in [0.05, 0.1) is 38.9 Å². The van der Waals surface area contributed by atoms with E-state index in [2.05, 4.69) is 31.9 Å². The van der Waals surface area contributed by atoms with Crippen molar-refractivity contribution >= 4 is 46.2 Å². The van der Waals surface area contributed by atoms with Gasteiger partial charge in [-0.2, -0.15) is 10.5 Å². The van der Waals surface area contributed by atoms with Crippen molar-refractivity contribution in [2.24, 2.45) is 10.2 Å². The number of fused-ring (bicyclic) bond motifs is 2. The van der Waals surface area contributed by atoms with E-state index in [4.69, 9.17) is 16.3 Å². The van der Waals surface area contributed by atoms with Gasteiger partial charge in [-0.15, -0.1) is 10.2 Å². The summed E-state index contributed by atoms with van der Waals surface area (Å²) < 4.78 is 5.12. The fraction of sp³-hybridized carbons (Fsp3) is 0.206. The molecule has 12 heteroatoms. The quantitative estimate of drug-likeness (QED) is 0.105. The predicted octanol–water partition coefficient (Wildman–Crippen LogP) is 6.79. The van der Waals surface area contributed by atoms with Gasteiger partial charge in [-0.25, -0.2) is 4.98 Å². The molecule has 1 aliphatic rings. The van der Waals surface area contributed by atoms with Crippen LogP contribution in [0, 0.1) is 29.6 Å². The van der Waals surface area contributed by atoms with E-state index in [9.17, 15) is 25.2 Å². The lowest BCUT2D eigenvalue weighted by molar-refractivity contribution is 0.0977. The third-order valence-corrected chi connectivity index (χ3v) is 7.77. The smallest absolute Gasteiger partial charge is 0.200 e. The average Bonchev–Trinajstić information content (AvgIpc) is 3.05. The van der Waals surface area contributed by atoms with E-state index in [0.29, 0.717) is 49.7 Å². The molecular formula is C34H28ClN7O4. The van der Waals surface area contributed by atoms with Crippen molar-refractivity contribution in [2.45, 2.75) is 19.8 Å². The molecule has 1 aliphatic carbocycles. The third kappa shape index (κ3) is 6.15. The van der Waals surface area contributed by atoms with Crippen molar-refractivity contribution in [2.75, 3.05) is 37.4 Å². The number of pyridine rings is 1. The largest absolute Gasteiger partial charge is 0.507 e. The number of phenols is 1. The highest BCUT2D eigenvalue weighted by atomic mass is 35.5. The summed E-state index contributed by atoms with van der Waals surface area (Å²) >= 11 is 6.55. The van der Waals surface area contributed by atoms with Gasteiger partial charge in [0.2, 0.25) is 5.78 Å². The summed E-state index contributed by atoms with van der Waals surface area (Å²) in [5.41, 5.74) is 1.11. The van der Waals surface area contributed by atoms with E-state index in [1.807, 2.05) is 36.4 Å². The molecule has 5 rings (SSSR count). The maximum Gasteiger partial charge on any atom is 0.200 e. The van der Waals surface area contributed by atoms with E-state index >= 15 is 0 Å². The van der Waals surface area contributed by atoms with Gasteiger partial charge in [-0.05, 0) is 37.5 Å². The van der Waals surface area contributed by atoms with Gasteiger partial charge in [-0.1, -0.05) is 54.1 Å². The predicted molar refractivity (Wildman–Crippen MR) is 173 cm³/mol. The van der Waals surface area contributed by atoms with Crippen LogP contribution in [-0.4, -0.2) is 48.5 Å². The van der Waals surface area contributed by atoms with Crippen molar-refractivity contribution in [1.82, 2.24) is 4.98 Å². The summed E-state index contributed by atoms with van der Waals surface area (Å²) in [5.74, 6) is -1.05. The number of benzene rings is 3. The maximum atomic E-state index is 13.8. The summed E-state index contributed by atoms with van der Waals surface area (Å²) in [6, 6.07) is 19.4. The number of hydrogen-bond acceptors (Lipinski definition) is 11. The van der Waals surface area contributed by atoms with Gasteiger partial charge in [0.25, 0.3) is 0 Å². The first kappa shape index (κ1) is 31.8. The number of azo groups is 1. The lowest BCUT2D eigenvalue weighted by Gasteiger charge is -2.21. The Kier molecular flexibility index (Phi) is 9.67. The standard InChI is InChI=1S/C34H28ClN7O4/c1-19-23(18-37)33(38-13-7-15-46-2)40-34(39-14-12-20-8-4-3-5-9-20)29(19)41-42-30-24(35)16-21(17-36)26-28(30)32(45)27-22(31(26)44)10-6-11-25(27)43/h3-6,8-11,16,43H,7,12-15H2,1-2H3,(H2,38,39,40)/b42-41+. The van der Waals surface area contributed by atoms with Crippen molar-refractivity contribution in [1.29, 1.82) is 10.5 Å². The summed E-state index contributed by atoms with van der Waals surface area (Å²) in [5, 5.41) is 45.5. The number of carbonyl (C=O) groups excluding carboxylic acids is 2. The molecule has 0 unspecified atom stereocenters. The molecule has 0 spiro atoms. The number of phenolic OH excluding ortho intramolecular Hbond substituents is 1. The molecule has 230 valence electrons. The molecule has 1 heterocycles. The highest BCUT2D eigenvalue weighted by Gasteiger charge is 2.37. The Bertz CT molecular complexity index is 1960. The fourth-order valence-electron chi connectivity index (χ4n) is 5.21. The zero-order chi connectivity index (χ0) is 32.8. The first-order valence-corrected chi connectivity index (χ1v) is 14.7. The first-order valence-electron chi connectivity index (χ1n) is 14.4. The summed E-state index contributed by atoms with van der Waals surface area (Å²) in [6.45, 7) is 3.22. The molecule has 1 aromatic heterocycles. The van der Waals surface area contributed by atoms with E-state index < -0.39 is 11.6 Å². The van der Waals surface area contributed by atoms with E-state index in [-0.39, 0.29) is 55.5 Å². The van der Waals surface area contributed by atoms with Crippen LogP contribution in [-0.2, 0) is 11.2 Å². The van der Waals surface area contributed by atoms with Crippen LogP contribution >= 0.6 is 11.6 Å². The summed E-state index contributed by atoms with van der Waals surface area (Å²) in [6.07, 6.45) is 1.36. The molecule has 0 bridgehead atoms. The molecule has 0 aliphatic heterocycles. The van der Waals surface area contributed by atoms with Crippen molar-refractivity contribution in [3.05, 3.63) is 104 Å². The molecule has 0 saturated heterocycles. The minimum absolute atomic E-state index is 0.0311.